The second-order valence-electron chi connectivity index (χ2n) is 5.59. The first kappa shape index (κ1) is 16.3. The van der Waals surface area contributed by atoms with Crippen LogP contribution in [0.5, 0.6) is 0 Å². The number of benzene rings is 1. The number of aromatic nitrogens is 2. The lowest BCUT2D eigenvalue weighted by atomic mass is 10.2. The summed E-state index contributed by atoms with van der Waals surface area (Å²) in [5, 5.41) is 13.1. The lowest BCUT2D eigenvalue weighted by Gasteiger charge is -2.12. The van der Waals surface area contributed by atoms with Gasteiger partial charge in [-0.25, -0.2) is 0 Å². The molecule has 120 valence electrons. The number of quaternary nitrogens is 1. The summed E-state index contributed by atoms with van der Waals surface area (Å²) in [6.07, 6.45) is 0. The van der Waals surface area contributed by atoms with E-state index in [1.54, 1.807) is 11.3 Å². The van der Waals surface area contributed by atoms with Crippen molar-refractivity contribution in [3.63, 3.8) is 0 Å². The molecule has 0 aliphatic carbocycles. The Hall–Kier alpha value is -1.54. The van der Waals surface area contributed by atoms with Gasteiger partial charge in [-0.2, -0.15) is 16.0 Å². The van der Waals surface area contributed by atoms with Gasteiger partial charge < -0.3 is 10.2 Å². The van der Waals surface area contributed by atoms with Gasteiger partial charge in [0.05, 0.1) is 7.05 Å². The Labute approximate surface area is 149 Å². The Morgan fingerprint density at radius 1 is 1.35 bits per heavy atom. The maximum Gasteiger partial charge on any atom is 0.209 e. The normalized spacial score (nSPS) is 12.3. The van der Waals surface area contributed by atoms with Crippen LogP contribution >= 0.6 is 34.9 Å². The molecule has 3 aromatic rings. The monoisotopic (exact) mass is 363 g/mol. The van der Waals surface area contributed by atoms with Gasteiger partial charge in [0.25, 0.3) is 0 Å². The second-order valence-corrected chi connectivity index (χ2v) is 7.99. The summed E-state index contributed by atoms with van der Waals surface area (Å²) in [4.78, 5) is 1.35. The first-order valence-electron chi connectivity index (χ1n) is 7.34. The Morgan fingerprint density at radius 2 is 2.22 bits per heavy atom. The van der Waals surface area contributed by atoms with Crippen molar-refractivity contribution in [1.29, 1.82) is 0 Å². The van der Waals surface area contributed by atoms with Crippen molar-refractivity contribution in [2.24, 2.45) is 0 Å². The van der Waals surface area contributed by atoms with Crippen LogP contribution in [-0.4, -0.2) is 16.8 Å². The maximum absolute atomic E-state index is 5.45. The lowest BCUT2D eigenvalue weighted by molar-refractivity contribution is -0.917. The van der Waals surface area contributed by atoms with Gasteiger partial charge in [-0.05, 0) is 53.7 Å². The van der Waals surface area contributed by atoms with Crippen LogP contribution in [-0.2, 0) is 13.2 Å². The minimum Gasteiger partial charge on any atom is -0.330 e. The van der Waals surface area contributed by atoms with Crippen molar-refractivity contribution >= 4 is 45.7 Å². The maximum atomic E-state index is 5.45. The van der Waals surface area contributed by atoms with Crippen LogP contribution in [0.25, 0.3) is 0 Å². The molecule has 0 aliphatic heterocycles. The summed E-state index contributed by atoms with van der Waals surface area (Å²) in [6.45, 7) is 3.82. The fourth-order valence-corrected chi connectivity index (χ4v) is 4.05. The summed E-state index contributed by atoms with van der Waals surface area (Å²) in [6, 6.07) is 10.4. The van der Waals surface area contributed by atoms with Crippen LogP contribution in [0, 0.1) is 10.9 Å². The molecule has 0 aliphatic rings. The smallest absolute Gasteiger partial charge is 0.209 e. The first-order valence-corrected chi connectivity index (χ1v) is 9.51. The highest BCUT2D eigenvalue weighted by Gasteiger charge is 2.10. The topological polar surface area (TPSA) is 34.3 Å². The van der Waals surface area contributed by atoms with E-state index >= 15 is 0 Å². The fourth-order valence-electron chi connectivity index (χ4n) is 2.36. The van der Waals surface area contributed by atoms with Crippen LogP contribution in [0.1, 0.15) is 11.1 Å². The first-order chi connectivity index (χ1) is 11.1. The molecule has 23 heavy (non-hydrogen) atoms. The number of thiophene rings is 1. The van der Waals surface area contributed by atoms with E-state index in [9.17, 15) is 0 Å². The summed E-state index contributed by atoms with van der Waals surface area (Å²) in [7, 11) is 2.16. The summed E-state index contributed by atoms with van der Waals surface area (Å²) >= 11 is 8.69. The predicted octanol–water partition coefficient (Wildman–Crippen LogP) is 3.46. The quantitative estimate of drug-likeness (QED) is 0.658. The second kappa shape index (κ2) is 7.35. The molecule has 0 saturated carbocycles. The van der Waals surface area contributed by atoms with E-state index in [1.807, 2.05) is 16.8 Å². The van der Waals surface area contributed by atoms with Crippen molar-refractivity contribution in [1.82, 2.24) is 9.78 Å². The molecule has 1 atom stereocenters. The number of rotatable bonds is 6. The average molecular weight is 364 g/mol. The minimum absolute atomic E-state index is 0.765. The van der Waals surface area contributed by atoms with Crippen molar-refractivity contribution in [2.75, 3.05) is 12.4 Å². The molecule has 2 heterocycles. The minimum atomic E-state index is 0.765. The van der Waals surface area contributed by atoms with E-state index in [0.29, 0.717) is 0 Å². The average Bonchev–Trinajstić information content (AvgIpc) is 3.10. The largest absolute Gasteiger partial charge is 0.330 e. The summed E-state index contributed by atoms with van der Waals surface area (Å²) in [5.41, 5.74) is 3.62. The number of anilines is 2. The predicted molar refractivity (Wildman–Crippen MR) is 100 cm³/mol. The van der Waals surface area contributed by atoms with E-state index in [2.05, 4.69) is 53.3 Å². The van der Waals surface area contributed by atoms with Crippen molar-refractivity contribution in [2.45, 2.75) is 20.1 Å². The Balaban J connectivity index is 1.67. The van der Waals surface area contributed by atoms with E-state index < -0.39 is 0 Å². The zero-order valence-electron chi connectivity index (χ0n) is 13.1. The molecule has 2 N–H and O–H groups in total. The number of nitrogens with one attached hydrogen (secondary N) is 2. The van der Waals surface area contributed by atoms with Gasteiger partial charge in [0.15, 0.2) is 10.6 Å². The van der Waals surface area contributed by atoms with E-state index in [-0.39, 0.29) is 0 Å². The molecule has 0 fully saturated rings. The molecule has 0 amide bonds. The van der Waals surface area contributed by atoms with Crippen molar-refractivity contribution in [3.05, 3.63) is 56.2 Å². The van der Waals surface area contributed by atoms with Gasteiger partial charge in [0.2, 0.25) is 5.13 Å². The van der Waals surface area contributed by atoms with Gasteiger partial charge in [-0.1, -0.05) is 23.5 Å². The lowest BCUT2D eigenvalue weighted by Crippen LogP contribution is -3.06. The molecule has 0 radical (unpaired) electrons. The van der Waals surface area contributed by atoms with E-state index in [4.69, 9.17) is 12.2 Å². The molecule has 2 aromatic heterocycles. The van der Waals surface area contributed by atoms with Gasteiger partial charge in [-0.3, -0.25) is 0 Å². The van der Waals surface area contributed by atoms with Gasteiger partial charge >= 0.3 is 0 Å². The van der Waals surface area contributed by atoms with Crippen LogP contribution in [0.4, 0.5) is 10.8 Å². The van der Waals surface area contributed by atoms with Crippen LogP contribution < -0.4 is 10.2 Å². The Kier molecular flexibility index (Phi) is 5.22. The fraction of sp³-hybridized carbons (Fsp3) is 0.250. The highest BCUT2D eigenvalue weighted by atomic mass is 32.1. The van der Waals surface area contributed by atoms with Crippen LogP contribution in [0.15, 0.2) is 41.1 Å². The number of aryl methyl sites for hydroxylation is 1. The van der Waals surface area contributed by atoms with Crippen LogP contribution in [0.2, 0.25) is 0 Å². The third kappa shape index (κ3) is 4.48. The molecule has 1 aromatic carbocycles. The van der Waals surface area contributed by atoms with Gasteiger partial charge in [-0.15, -0.1) is 5.10 Å². The summed E-state index contributed by atoms with van der Waals surface area (Å²) < 4.78 is 2.70. The highest BCUT2D eigenvalue weighted by molar-refractivity contribution is 7.73. The molecule has 7 heteroatoms. The number of hydrogen-bond acceptors (Lipinski definition) is 5. The summed E-state index contributed by atoms with van der Waals surface area (Å²) in [5.74, 6) is 0. The van der Waals surface area contributed by atoms with Gasteiger partial charge in [0, 0.05) is 11.3 Å². The molecule has 0 saturated heterocycles. The zero-order valence-corrected chi connectivity index (χ0v) is 15.5. The van der Waals surface area contributed by atoms with E-state index in [0.717, 1.165) is 28.0 Å². The Morgan fingerprint density at radius 3 is 2.96 bits per heavy atom. The van der Waals surface area contributed by atoms with Crippen molar-refractivity contribution < 1.29 is 4.90 Å². The molecule has 4 nitrogen and oxygen atoms in total. The Bertz CT molecular complexity index is 820. The third-order valence-corrected chi connectivity index (χ3v) is 5.34. The van der Waals surface area contributed by atoms with Crippen molar-refractivity contribution in [3.8, 4) is 0 Å². The third-order valence-electron chi connectivity index (χ3n) is 3.38. The van der Waals surface area contributed by atoms with E-state index in [1.165, 1.54) is 27.4 Å². The van der Waals surface area contributed by atoms with Crippen LogP contribution in [0.3, 0.4) is 0 Å². The standard InChI is InChI=1S/C16H18N4S3/c1-12-4-3-5-14(8-12)17-15-18-20(16(21)23-15)11-19(2)9-13-6-7-22-10-13/h3-8,10H,9,11H2,1-2H3,(H,17,18)/p+1. The molecule has 0 spiro atoms. The molecule has 3 rings (SSSR count). The number of nitrogens with zero attached hydrogens (tertiary/aromatic N) is 2. The zero-order chi connectivity index (χ0) is 16.2. The highest BCUT2D eigenvalue weighted by Crippen LogP contribution is 2.20. The van der Waals surface area contributed by atoms with Gasteiger partial charge in [0.1, 0.15) is 6.54 Å². The SMILES string of the molecule is Cc1cccc(Nc2nn(C[NH+](C)Cc3ccsc3)c(=S)s2)c1. The molecular weight excluding hydrogens is 344 g/mol. The molecule has 0 bridgehead atoms. The molecular formula is C16H19N4S3+. The molecule has 1 unspecified atom stereocenters. The number of hydrogen-bond donors (Lipinski definition) is 2.